The Morgan fingerprint density at radius 2 is 2.04 bits per heavy atom. The average Bonchev–Trinajstić information content (AvgIpc) is 2.96. The van der Waals surface area contributed by atoms with E-state index in [2.05, 4.69) is 15.0 Å². The number of hydrogen-bond acceptors (Lipinski definition) is 5. The molecule has 0 aliphatic heterocycles. The van der Waals surface area contributed by atoms with E-state index in [4.69, 9.17) is 0 Å². The molecule has 1 aromatic carbocycles. The maximum Gasteiger partial charge on any atom is 0.301 e. The molecule has 0 N–H and O–H groups in total. The lowest BCUT2D eigenvalue weighted by Gasteiger charge is -1.97. The number of allylic oxidation sites excluding steroid dienone is 1. The first-order chi connectivity index (χ1) is 11.1. The van der Waals surface area contributed by atoms with Gasteiger partial charge in [0, 0.05) is 17.7 Å². The summed E-state index contributed by atoms with van der Waals surface area (Å²) in [7, 11) is 1.44. The van der Waals surface area contributed by atoms with Crippen LogP contribution in [0.1, 0.15) is 11.3 Å². The maximum absolute atomic E-state index is 12.8. The molecule has 2 aromatic rings. The third-order valence-corrected chi connectivity index (χ3v) is 4.84. The molecule has 0 saturated carbocycles. The standard InChI is InChI=1S/C15H13F3N2OS2/c1-21-19-9-12-13(10-5-3-2-4-6-10)20-15(23-12)22-8-7-11(16)14(17)18/h2-6,9H,7-8H2,1H3/b19-9+. The zero-order chi connectivity index (χ0) is 16.7. The Kier molecular flexibility index (Phi) is 6.66. The Labute approximate surface area is 139 Å². The molecule has 23 heavy (non-hydrogen) atoms. The van der Waals surface area contributed by atoms with Crippen molar-refractivity contribution < 1.29 is 18.0 Å². The minimum atomic E-state index is -2.26. The molecule has 0 amide bonds. The Morgan fingerprint density at radius 1 is 1.30 bits per heavy atom. The summed E-state index contributed by atoms with van der Waals surface area (Å²) in [6.07, 6.45) is -1.04. The fourth-order valence-corrected chi connectivity index (χ4v) is 3.73. The van der Waals surface area contributed by atoms with Crippen molar-refractivity contribution in [1.29, 1.82) is 0 Å². The number of nitrogens with zero attached hydrogens (tertiary/aromatic N) is 2. The highest BCUT2D eigenvalue weighted by molar-refractivity contribution is 8.01. The van der Waals surface area contributed by atoms with Gasteiger partial charge in [-0.25, -0.2) is 9.37 Å². The highest BCUT2D eigenvalue weighted by Crippen LogP contribution is 2.33. The van der Waals surface area contributed by atoms with Crippen LogP contribution in [0, 0.1) is 0 Å². The number of oxime groups is 1. The van der Waals surface area contributed by atoms with E-state index in [1.54, 1.807) is 6.21 Å². The summed E-state index contributed by atoms with van der Waals surface area (Å²) < 4.78 is 37.5. The predicted octanol–water partition coefficient (Wildman–Crippen LogP) is 5.35. The molecule has 8 heteroatoms. The molecule has 0 radical (unpaired) electrons. The molecule has 2 rings (SSSR count). The van der Waals surface area contributed by atoms with Crippen molar-refractivity contribution in [2.75, 3.05) is 12.9 Å². The van der Waals surface area contributed by atoms with Crippen LogP contribution in [0.15, 0.2) is 51.7 Å². The van der Waals surface area contributed by atoms with Crippen molar-refractivity contribution in [2.45, 2.75) is 10.8 Å². The van der Waals surface area contributed by atoms with Crippen molar-refractivity contribution in [1.82, 2.24) is 4.98 Å². The van der Waals surface area contributed by atoms with Gasteiger partial charge < -0.3 is 4.84 Å². The minimum Gasteiger partial charge on any atom is -0.399 e. The van der Waals surface area contributed by atoms with E-state index in [1.807, 2.05) is 30.3 Å². The molecule has 122 valence electrons. The number of thiazole rings is 1. The van der Waals surface area contributed by atoms with E-state index in [-0.39, 0.29) is 12.2 Å². The second-order valence-corrected chi connectivity index (χ2v) is 6.61. The van der Waals surface area contributed by atoms with Crippen LogP contribution in [-0.2, 0) is 4.84 Å². The van der Waals surface area contributed by atoms with Crippen LogP contribution < -0.4 is 0 Å². The quantitative estimate of drug-likeness (QED) is 0.380. The number of halogens is 3. The summed E-state index contributed by atoms with van der Waals surface area (Å²) in [4.78, 5) is 9.96. The van der Waals surface area contributed by atoms with Crippen molar-refractivity contribution in [3.05, 3.63) is 47.1 Å². The van der Waals surface area contributed by atoms with Crippen LogP contribution in [0.2, 0.25) is 0 Å². The molecular formula is C15H13F3N2OS2. The number of rotatable bonds is 7. The smallest absolute Gasteiger partial charge is 0.301 e. The van der Waals surface area contributed by atoms with Gasteiger partial charge in [0.15, 0.2) is 10.2 Å². The van der Waals surface area contributed by atoms with Gasteiger partial charge in [0.1, 0.15) is 7.11 Å². The van der Waals surface area contributed by atoms with Gasteiger partial charge in [0.25, 0.3) is 0 Å². The van der Waals surface area contributed by atoms with E-state index < -0.39 is 11.9 Å². The van der Waals surface area contributed by atoms with Gasteiger partial charge in [-0.15, -0.1) is 11.3 Å². The molecule has 3 nitrogen and oxygen atoms in total. The molecule has 0 spiro atoms. The molecule has 0 saturated heterocycles. The summed E-state index contributed by atoms with van der Waals surface area (Å²) in [5.74, 6) is -1.19. The predicted molar refractivity (Wildman–Crippen MR) is 87.8 cm³/mol. The van der Waals surface area contributed by atoms with Crippen LogP contribution in [-0.4, -0.2) is 24.1 Å². The van der Waals surface area contributed by atoms with Crippen molar-refractivity contribution in [2.24, 2.45) is 5.16 Å². The molecule has 0 unspecified atom stereocenters. The molecule has 1 heterocycles. The maximum atomic E-state index is 12.8. The monoisotopic (exact) mass is 358 g/mol. The van der Waals surface area contributed by atoms with E-state index in [1.165, 1.54) is 30.2 Å². The number of thioether (sulfide) groups is 1. The van der Waals surface area contributed by atoms with Gasteiger partial charge in [-0.2, -0.15) is 8.78 Å². The van der Waals surface area contributed by atoms with E-state index >= 15 is 0 Å². The summed E-state index contributed by atoms with van der Waals surface area (Å²) in [5, 5.41) is 3.74. The van der Waals surface area contributed by atoms with Crippen LogP contribution in [0.5, 0.6) is 0 Å². The second kappa shape index (κ2) is 8.73. The summed E-state index contributed by atoms with van der Waals surface area (Å²) >= 11 is 2.58. The lowest BCUT2D eigenvalue weighted by molar-refractivity contribution is 0.215. The SMILES string of the molecule is CO/N=C/c1sc(SCCC(F)=C(F)F)nc1-c1ccccc1. The molecule has 1 aromatic heterocycles. The molecule has 0 aliphatic rings. The lowest BCUT2D eigenvalue weighted by Crippen LogP contribution is -1.85. The van der Waals surface area contributed by atoms with E-state index in [9.17, 15) is 13.2 Å². The average molecular weight is 358 g/mol. The number of benzene rings is 1. The second-order valence-electron chi connectivity index (χ2n) is 4.24. The third kappa shape index (κ3) is 5.11. The van der Waals surface area contributed by atoms with Crippen LogP contribution in [0.4, 0.5) is 13.2 Å². The first kappa shape index (κ1) is 17.6. The zero-order valence-electron chi connectivity index (χ0n) is 12.1. The van der Waals surface area contributed by atoms with Gasteiger partial charge in [-0.05, 0) is 0 Å². The number of aromatic nitrogens is 1. The fourth-order valence-electron chi connectivity index (χ4n) is 1.69. The van der Waals surface area contributed by atoms with E-state index in [0.29, 0.717) is 4.34 Å². The molecule has 0 bridgehead atoms. The van der Waals surface area contributed by atoms with Gasteiger partial charge in [-0.1, -0.05) is 47.2 Å². The molecule has 0 atom stereocenters. The van der Waals surface area contributed by atoms with Crippen molar-refractivity contribution >= 4 is 29.3 Å². The Hall–Kier alpha value is -1.80. The molecule has 0 aliphatic carbocycles. The molecule has 0 fully saturated rings. The van der Waals surface area contributed by atoms with Crippen molar-refractivity contribution in [3.63, 3.8) is 0 Å². The van der Waals surface area contributed by atoms with E-state index in [0.717, 1.165) is 16.1 Å². The largest absolute Gasteiger partial charge is 0.399 e. The lowest BCUT2D eigenvalue weighted by atomic mass is 10.1. The Bertz CT molecular complexity index is 698. The molecular weight excluding hydrogens is 345 g/mol. The van der Waals surface area contributed by atoms with Gasteiger partial charge >= 0.3 is 6.08 Å². The van der Waals surface area contributed by atoms with Crippen molar-refractivity contribution in [3.8, 4) is 11.3 Å². The normalized spacial score (nSPS) is 11.0. The van der Waals surface area contributed by atoms with Crippen LogP contribution >= 0.6 is 23.1 Å². The topological polar surface area (TPSA) is 34.5 Å². The Morgan fingerprint density at radius 3 is 2.70 bits per heavy atom. The summed E-state index contributed by atoms with van der Waals surface area (Å²) in [5.41, 5.74) is 1.64. The first-order valence-corrected chi connectivity index (χ1v) is 8.37. The fraction of sp³-hybridized carbons (Fsp3) is 0.200. The van der Waals surface area contributed by atoms with Gasteiger partial charge in [-0.3, -0.25) is 0 Å². The summed E-state index contributed by atoms with van der Waals surface area (Å²) in [6.45, 7) is 0. The van der Waals surface area contributed by atoms with Crippen LogP contribution in [0.25, 0.3) is 11.3 Å². The highest BCUT2D eigenvalue weighted by atomic mass is 32.2. The third-order valence-electron chi connectivity index (χ3n) is 2.71. The number of hydrogen-bond donors (Lipinski definition) is 0. The highest BCUT2D eigenvalue weighted by Gasteiger charge is 2.13. The minimum absolute atomic E-state index is 0.186. The zero-order valence-corrected chi connectivity index (χ0v) is 13.8. The van der Waals surface area contributed by atoms with Gasteiger partial charge in [0.05, 0.1) is 16.8 Å². The van der Waals surface area contributed by atoms with Gasteiger partial charge in [0.2, 0.25) is 0 Å². The van der Waals surface area contributed by atoms with Crippen LogP contribution in [0.3, 0.4) is 0 Å². The first-order valence-electron chi connectivity index (χ1n) is 6.57. The Balaban J connectivity index is 2.17. The summed E-state index contributed by atoms with van der Waals surface area (Å²) in [6, 6.07) is 9.50.